The first-order valence-corrected chi connectivity index (χ1v) is 7.98. The van der Waals surface area contributed by atoms with Crippen molar-refractivity contribution >= 4 is 8.56 Å². The Labute approximate surface area is 83.9 Å². The van der Waals surface area contributed by atoms with Crippen molar-refractivity contribution in [2.24, 2.45) is 0 Å². The van der Waals surface area contributed by atoms with Gasteiger partial charge in [0.05, 0.1) is 0 Å². The molecule has 0 radical (unpaired) electrons. The minimum absolute atomic E-state index is 0.787. The van der Waals surface area contributed by atoms with Gasteiger partial charge in [-0.3, -0.25) is 0 Å². The van der Waals surface area contributed by atoms with Crippen LogP contribution in [0.3, 0.4) is 0 Å². The summed E-state index contributed by atoms with van der Waals surface area (Å²) in [6, 6.07) is 1.14. The molecule has 0 saturated heterocycles. The maximum atomic E-state index is 5.73. The fraction of sp³-hybridized carbons (Fsp3) is 1.00. The fourth-order valence-corrected chi connectivity index (χ4v) is 3.98. The lowest BCUT2D eigenvalue weighted by Crippen LogP contribution is -2.38. The van der Waals surface area contributed by atoms with E-state index in [0.29, 0.717) is 0 Å². The monoisotopic (exact) mass is 204 g/mol. The molecule has 0 aliphatic carbocycles. The van der Waals surface area contributed by atoms with Gasteiger partial charge in [0.15, 0.2) is 0 Å². The van der Waals surface area contributed by atoms with Crippen molar-refractivity contribution in [1.29, 1.82) is 0 Å². The van der Waals surface area contributed by atoms with Gasteiger partial charge in [-0.2, -0.15) is 0 Å². The van der Waals surface area contributed by atoms with Gasteiger partial charge in [-0.05, 0) is 26.4 Å². The van der Waals surface area contributed by atoms with E-state index in [0.717, 1.165) is 19.3 Å². The average molecular weight is 204 g/mol. The summed E-state index contributed by atoms with van der Waals surface area (Å²) in [5, 5.41) is 0. The number of hydrogen-bond acceptors (Lipinski definition) is 2. The molecule has 0 N–H and O–H groups in total. The van der Waals surface area contributed by atoms with E-state index in [9.17, 15) is 0 Å². The summed E-state index contributed by atoms with van der Waals surface area (Å²) >= 11 is 0. The molecule has 0 aliphatic rings. The first kappa shape index (κ1) is 13.1. The average Bonchev–Trinajstić information content (AvgIpc) is 2.05. The molecule has 0 amide bonds. The molecule has 0 aromatic rings. The molecule has 0 unspecified atom stereocenters. The highest BCUT2D eigenvalue weighted by Gasteiger charge is 2.29. The highest BCUT2D eigenvalue weighted by molar-refractivity contribution is 6.66. The lowest BCUT2D eigenvalue weighted by molar-refractivity contribution is 0.188. The van der Waals surface area contributed by atoms with Crippen LogP contribution < -0.4 is 0 Å². The molecule has 2 nitrogen and oxygen atoms in total. The van der Waals surface area contributed by atoms with Gasteiger partial charge in [0, 0.05) is 13.2 Å². The van der Waals surface area contributed by atoms with Gasteiger partial charge in [-0.1, -0.05) is 26.2 Å². The van der Waals surface area contributed by atoms with E-state index in [-0.39, 0.29) is 0 Å². The van der Waals surface area contributed by atoms with Crippen molar-refractivity contribution < 1.29 is 8.85 Å². The highest BCUT2D eigenvalue weighted by atomic mass is 28.4. The quantitative estimate of drug-likeness (QED) is 0.446. The SMILES string of the molecule is CCCCC[Si](C)(OCC)OCC. The van der Waals surface area contributed by atoms with Crippen LogP contribution in [0.5, 0.6) is 0 Å². The van der Waals surface area contributed by atoms with Gasteiger partial charge in [0.2, 0.25) is 0 Å². The van der Waals surface area contributed by atoms with Gasteiger partial charge in [0.1, 0.15) is 0 Å². The van der Waals surface area contributed by atoms with Crippen LogP contribution in [0.2, 0.25) is 12.6 Å². The lowest BCUT2D eigenvalue weighted by Gasteiger charge is -2.25. The van der Waals surface area contributed by atoms with Crippen LogP contribution in [-0.4, -0.2) is 21.8 Å². The predicted octanol–water partition coefficient (Wildman–Crippen LogP) is 3.32. The zero-order valence-corrected chi connectivity index (χ0v) is 10.6. The highest BCUT2D eigenvalue weighted by Crippen LogP contribution is 2.17. The van der Waals surface area contributed by atoms with Gasteiger partial charge in [-0.15, -0.1) is 0 Å². The van der Waals surface area contributed by atoms with Crippen molar-refractivity contribution in [1.82, 2.24) is 0 Å². The Morgan fingerprint density at radius 1 is 0.923 bits per heavy atom. The molecule has 0 saturated carbocycles. The summed E-state index contributed by atoms with van der Waals surface area (Å²) in [6.07, 6.45) is 3.81. The molecule has 3 heteroatoms. The summed E-state index contributed by atoms with van der Waals surface area (Å²) < 4.78 is 11.5. The first-order chi connectivity index (χ1) is 6.18. The molecule has 0 aromatic carbocycles. The van der Waals surface area contributed by atoms with Gasteiger partial charge in [0.25, 0.3) is 0 Å². The van der Waals surface area contributed by atoms with E-state index in [1.54, 1.807) is 0 Å². The van der Waals surface area contributed by atoms with Crippen molar-refractivity contribution in [3.63, 3.8) is 0 Å². The van der Waals surface area contributed by atoms with Crippen molar-refractivity contribution in [2.75, 3.05) is 13.2 Å². The van der Waals surface area contributed by atoms with Gasteiger partial charge >= 0.3 is 8.56 Å². The minimum Gasteiger partial charge on any atom is -0.395 e. The van der Waals surface area contributed by atoms with Crippen LogP contribution in [-0.2, 0) is 8.85 Å². The van der Waals surface area contributed by atoms with E-state index in [2.05, 4.69) is 13.5 Å². The Balaban J connectivity index is 3.76. The Hall–Kier alpha value is 0.137. The Bertz CT molecular complexity index is 111. The van der Waals surface area contributed by atoms with Crippen molar-refractivity contribution in [2.45, 2.75) is 52.6 Å². The molecule has 0 aromatic heterocycles. The maximum absolute atomic E-state index is 5.73. The van der Waals surface area contributed by atoms with Crippen molar-refractivity contribution in [3.8, 4) is 0 Å². The maximum Gasteiger partial charge on any atom is 0.334 e. The molecule has 13 heavy (non-hydrogen) atoms. The summed E-state index contributed by atoms with van der Waals surface area (Å²) in [6.45, 7) is 10.1. The molecule has 0 fully saturated rings. The minimum atomic E-state index is -1.79. The molecule has 0 bridgehead atoms. The van der Waals surface area contributed by atoms with Crippen LogP contribution in [0.4, 0.5) is 0 Å². The Morgan fingerprint density at radius 2 is 1.46 bits per heavy atom. The lowest BCUT2D eigenvalue weighted by atomic mass is 10.3. The summed E-state index contributed by atoms with van der Waals surface area (Å²) in [5.41, 5.74) is 0. The molecule has 0 atom stereocenters. The smallest absolute Gasteiger partial charge is 0.334 e. The van der Waals surface area contributed by atoms with Crippen LogP contribution in [0.25, 0.3) is 0 Å². The van der Waals surface area contributed by atoms with E-state index < -0.39 is 8.56 Å². The predicted molar refractivity (Wildman–Crippen MR) is 59.2 cm³/mol. The zero-order valence-electron chi connectivity index (χ0n) is 9.56. The molecule has 80 valence electrons. The second-order valence-electron chi connectivity index (χ2n) is 3.46. The Kier molecular flexibility index (Phi) is 7.61. The van der Waals surface area contributed by atoms with E-state index in [1.807, 2.05) is 13.8 Å². The summed E-state index contributed by atoms with van der Waals surface area (Å²) in [5.74, 6) is 0. The van der Waals surface area contributed by atoms with Gasteiger partial charge in [-0.25, -0.2) is 0 Å². The number of rotatable bonds is 8. The van der Waals surface area contributed by atoms with Crippen molar-refractivity contribution in [3.05, 3.63) is 0 Å². The number of unbranched alkanes of at least 4 members (excludes halogenated alkanes) is 2. The third-order valence-corrected chi connectivity index (χ3v) is 5.19. The third-order valence-electron chi connectivity index (χ3n) is 2.13. The topological polar surface area (TPSA) is 18.5 Å². The third kappa shape index (κ3) is 6.24. The molecule has 0 aliphatic heterocycles. The Morgan fingerprint density at radius 3 is 1.85 bits per heavy atom. The standard InChI is InChI=1S/C10H24O2Si/c1-5-8-9-10-13(4,11-6-2)12-7-3/h5-10H2,1-4H3. The second kappa shape index (κ2) is 7.53. The number of hydrogen-bond donors (Lipinski definition) is 0. The molecule has 0 spiro atoms. The zero-order chi connectivity index (χ0) is 10.2. The van der Waals surface area contributed by atoms with Crippen LogP contribution in [0, 0.1) is 0 Å². The second-order valence-corrected chi connectivity index (χ2v) is 6.80. The summed E-state index contributed by atoms with van der Waals surface area (Å²) in [4.78, 5) is 0. The van der Waals surface area contributed by atoms with E-state index >= 15 is 0 Å². The molecule has 0 rings (SSSR count). The normalized spacial score (nSPS) is 12.0. The van der Waals surface area contributed by atoms with Crippen LogP contribution >= 0.6 is 0 Å². The largest absolute Gasteiger partial charge is 0.395 e. The van der Waals surface area contributed by atoms with Crippen LogP contribution in [0.1, 0.15) is 40.0 Å². The fourth-order valence-electron chi connectivity index (χ4n) is 1.49. The van der Waals surface area contributed by atoms with Gasteiger partial charge < -0.3 is 8.85 Å². The molecule has 0 heterocycles. The van der Waals surface area contributed by atoms with E-state index in [1.165, 1.54) is 19.3 Å². The van der Waals surface area contributed by atoms with E-state index in [4.69, 9.17) is 8.85 Å². The summed E-state index contributed by atoms with van der Waals surface area (Å²) in [7, 11) is -1.79. The molecular formula is C10H24O2Si. The molecular weight excluding hydrogens is 180 g/mol. The first-order valence-electron chi connectivity index (χ1n) is 5.46. The van der Waals surface area contributed by atoms with Crippen LogP contribution in [0.15, 0.2) is 0 Å².